The number of halogens is 1. The lowest BCUT2D eigenvalue weighted by molar-refractivity contribution is 0.0987. The van der Waals surface area contributed by atoms with Crippen LogP contribution < -0.4 is 10.9 Å². The zero-order valence-electron chi connectivity index (χ0n) is 12.3. The summed E-state index contributed by atoms with van der Waals surface area (Å²) in [7, 11) is 0. The molecule has 0 bridgehead atoms. The Bertz CT molecular complexity index is 834. The predicted molar refractivity (Wildman–Crippen MR) is 97.0 cm³/mol. The maximum absolute atomic E-state index is 12.6. The van der Waals surface area contributed by atoms with E-state index in [4.69, 9.17) is 5.84 Å². The molecule has 0 heterocycles. The first-order valence-corrected chi connectivity index (χ1v) is 7.95. The third kappa shape index (κ3) is 3.33. The first kappa shape index (κ1) is 15.5. The van der Waals surface area contributed by atoms with Gasteiger partial charge in [0.2, 0.25) is 0 Å². The number of hydrazine groups is 1. The van der Waals surface area contributed by atoms with Crippen LogP contribution in [0.3, 0.4) is 0 Å². The Labute approximate surface area is 143 Å². The van der Waals surface area contributed by atoms with Gasteiger partial charge < -0.3 is 0 Å². The van der Waals surface area contributed by atoms with Crippen LogP contribution in [0.2, 0.25) is 0 Å². The summed E-state index contributed by atoms with van der Waals surface area (Å²) >= 11 is 3.47. The molecule has 0 saturated carbocycles. The van der Waals surface area contributed by atoms with Crippen LogP contribution in [0.25, 0.3) is 11.1 Å². The number of carbonyl (C=O) groups is 1. The molecule has 0 spiro atoms. The zero-order valence-corrected chi connectivity index (χ0v) is 13.9. The third-order valence-corrected chi connectivity index (χ3v) is 4.03. The summed E-state index contributed by atoms with van der Waals surface area (Å²) < 4.78 is 0.975. The van der Waals surface area contributed by atoms with E-state index in [1.165, 1.54) is 5.01 Å². The minimum atomic E-state index is -0.243. The second-order valence-corrected chi connectivity index (χ2v) is 5.98. The molecule has 0 fully saturated rings. The first-order valence-electron chi connectivity index (χ1n) is 7.16. The number of rotatable bonds is 3. The fourth-order valence-corrected chi connectivity index (χ4v) is 2.81. The van der Waals surface area contributed by atoms with Gasteiger partial charge in [0.1, 0.15) is 0 Å². The number of amides is 1. The Morgan fingerprint density at radius 3 is 2.30 bits per heavy atom. The van der Waals surface area contributed by atoms with Crippen LogP contribution in [0.15, 0.2) is 83.3 Å². The highest BCUT2D eigenvalue weighted by Gasteiger charge is 2.17. The number of benzene rings is 3. The average molecular weight is 367 g/mol. The highest BCUT2D eigenvalue weighted by atomic mass is 79.9. The molecule has 3 rings (SSSR count). The van der Waals surface area contributed by atoms with Crippen molar-refractivity contribution in [2.45, 2.75) is 0 Å². The fraction of sp³-hybridized carbons (Fsp3) is 0. The maximum atomic E-state index is 12.6. The van der Waals surface area contributed by atoms with Gasteiger partial charge in [-0.3, -0.25) is 4.79 Å². The molecule has 0 saturated heterocycles. The zero-order chi connectivity index (χ0) is 16.2. The molecule has 3 nitrogen and oxygen atoms in total. The predicted octanol–water partition coefficient (Wildman–Crippen LogP) is 4.64. The fourth-order valence-electron chi connectivity index (χ4n) is 2.41. The third-order valence-electron chi connectivity index (χ3n) is 3.54. The number of carbonyl (C=O) groups excluding carboxylic acids is 1. The first-order chi connectivity index (χ1) is 11.2. The molecule has 0 radical (unpaired) electrons. The Kier molecular flexibility index (Phi) is 4.55. The minimum absolute atomic E-state index is 0.243. The molecule has 3 aromatic rings. The number of nitrogens with zero attached hydrogens (tertiary/aromatic N) is 1. The van der Waals surface area contributed by atoms with Crippen LogP contribution in [0.1, 0.15) is 10.4 Å². The van der Waals surface area contributed by atoms with E-state index >= 15 is 0 Å². The van der Waals surface area contributed by atoms with E-state index in [1.807, 2.05) is 66.7 Å². The summed E-state index contributed by atoms with van der Waals surface area (Å²) in [6, 6.07) is 24.5. The monoisotopic (exact) mass is 366 g/mol. The molecular formula is C19H15BrN2O. The van der Waals surface area contributed by atoms with E-state index in [2.05, 4.69) is 15.9 Å². The largest absolute Gasteiger partial charge is 0.272 e. The second kappa shape index (κ2) is 6.77. The van der Waals surface area contributed by atoms with Gasteiger partial charge in [-0.2, -0.15) is 0 Å². The maximum Gasteiger partial charge on any atom is 0.272 e. The molecule has 4 heteroatoms. The van der Waals surface area contributed by atoms with Crippen LogP contribution in [0.5, 0.6) is 0 Å². The molecule has 0 unspecified atom stereocenters. The van der Waals surface area contributed by atoms with Crippen molar-refractivity contribution in [2.24, 2.45) is 5.84 Å². The van der Waals surface area contributed by atoms with Gasteiger partial charge in [-0.25, -0.2) is 10.9 Å². The molecule has 0 aliphatic carbocycles. The summed E-state index contributed by atoms with van der Waals surface area (Å²) in [5.41, 5.74) is 3.12. The molecule has 114 valence electrons. The van der Waals surface area contributed by atoms with Crippen molar-refractivity contribution in [1.82, 2.24) is 0 Å². The van der Waals surface area contributed by atoms with Gasteiger partial charge in [-0.1, -0.05) is 64.5 Å². The number of hydrogen-bond donors (Lipinski definition) is 1. The summed E-state index contributed by atoms with van der Waals surface area (Å²) in [6.45, 7) is 0. The molecule has 23 heavy (non-hydrogen) atoms. The van der Waals surface area contributed by atoms with Gasteiger partial charge >= 0.3 is 0 Å². The Balaban J connectivity index is 2.02. The van der Waals surface area contributed by atoms with E-state index in [1.54, 1.807) is 12.1 Å². The molecule has 0 aromatic heterocycles. The topological polar surface area (TPSA) is 46.3 Å². The van der Waals surface area contributed by atoms with E-state index in [9.17, 15) is 4.79 Å². The number of anilines is 1. The van der Waals surface area contributed by atoms with Gasteiger partial charge in [0.05, 0.1) is 5.69 Å². The Morgan fingerprint density at radius 1 is 0.870 bits per heavy atom. The standard InChI is InChI=1S/C19H15BrN2O/c20-16-10-6-9-15(13-16)17-11-4-5-12-18(17)22(21)19(23)14-7-2-1-3-8-14/h1-13H,21H2. The lowest BCUT2D eigenvalue weighted by Crippen LogP contribution is -2.37. The number of para-hydroxylation sites is 1. The normalized spacial score (nSPS) is 10.3. The van der Waals surface area contributed by atoms with Gasteiger partial charge in [0.15, 0.2) is 0 Å². The molecule has 0 atom stereocenters. The molecule has 3 aromatic carbocycles. The van der Waals surface area contributed by atoms with Gasteiger partial charge in [-0.15, -0.1) is 0 Å². The molecule has 0 aliphatic heterocycles. The lowest BCUT2D eigenvalue weighted by Gasteiger charge is -2.20. The SMILES string of the molecule is NN(C(=O)c1ccccc1)c1ccccc1-c1cccc(Br)c1. The number of nitrogens with two attached hydrogens (primary N) is 1. The summed E-state index contributed by atoms with van der Waals surface area (Å²) in [5, 5.41) is 1.20. The van der Waals surface area contributed by atoms with Crippen LogP contribution in [0.4, 0.5) is 5.69 Å². The van der Waals surface area contributed by atoms with Crippen molar-refractivity contribution in [3.63, 3.8) is 0 Å². The Hall–Kier alpha value is -2.43. The molecule has 2 N–H and O–H groups in total. The lowest BCUT2D eigenvalue weighted by atomic mass is 10.0. The molecule has 0 aliphatic rings. The summed E-state index contributed by atoms with van der Waals surface area (Å²) in [5.74, 6) is 5.88. The smallest absolute Gasteiger partial charge is 0.267 e. The quantitative estimate of drug-likeness (QED) is 0.417. The van der Waals surface area contributed by atoms with E-state index < -0.39 is 0 Å². The van der Waals surface area contributed by atoms with Gasteiger partial charge in [-0.05, 0) is 35.9 Å². The van der Waals surface area contributed by atoms with Crippen molar-refractivity contribution in [3.8, 4) is 11.1 Å². The van der Waals surface area contributed by atoms with Crippen LogP contribution in [0, 0.1) is 0 Å². The van der Waals surface area contributed by atoms with Crippen molar-refractivity contribution in [3.05, 3.63) is 88.9 Å². The van der Waals surface area contributed by atoms with E-state index in [-0.39, 0.29) is 5.91 Å². The van der Waals surface area contributed by atoms with Crippen molar-refractivity contribution in [2.75, 3.05) is 5.01 Å². The van der Waals surface area contributed by atoms with E-state index in [0.29, 0.717) is 11.3 Å². The van der Waals surface area contributed by atoms with Crippen molar-refractivity contribution in [1.29, 1.82) is 0 Å². The molecular weight excluding hydrogens is 352 g/mol. The van der Waals surface area contributed by atoms with Crippen LogP contribution >= 0.6 is 15.9 Å². The highest BCUT2D eigenvalue weighted by molar-refractivity contribution is 9.10. The van der Waals surface area contributed by atoms with Crippen molar-refractivity contribution >= 4 is 27.5 Å². The minimum Gasteiger partial charge on any atom is -0.267 e. The highest BCUT2D eigenvalue weighted by Crippen LogP contribution is 2.31. The van der Waals surface area contributed by atoms with E-state index in [0.717, 1.165) is 15.6 Å². The van der Waals surface area contributed by atoms with Gasteiger partial charge in [0.25, 0.3) is 5.91 Å². The van der Waals surface area contributed by atoms with Crippen molar-refractivity contribution < 1.29 is 4.79 Å². The van der Waals surface area contributed by atoms with Crippen LogP contribution in [-0.2, 0) is 0 Å². The average Bonchev–Trinajstić information content (AvgIpc) is 2.61. The second-order valence-electron chi connectivity index (χ2n) is 5.07. The van der Waals surface area contributed by atoms with Gasteiger partial charge in [0, 0.05) is 15.6 Å². The summed E-state index contributed by atoms with van der Waals surface area (Å²) in [4.78, 5) is 12.6. The Morgan fingerprint density at radius 2 is 1.57 bits per heavy atom. The number of hydrogen-bond acceptors (Lipinski definition) is 2. The molecule has 1 amide bonds. The summed E-state index contributed by atoms with van der Waals surface area (Å²) in [6.07, 6.45) is 0. The van der Waals surface area contributed by atoms with Crippen LogP contribution in [-0.4, -0.2) is 5.91 Å².